The number of benzene rings is 1. The van der Waals surface area contributed by atoms with Crippen LogP contribution in [0.1, 0.15) is 32.2 Å². The first-order valence-electron chi connectivity index (χ1n) is 9.28. The maximum atomic E-state index is 14.7. The quantitative estimate of drug-likeness (QED) is 0.501. The molecule has 6 nitrogen and oxygen atoms in total. The van der Waals surface area contributed by atoms with Crippen LogP contribution in [0.5, 0.6) is 0 Å². The topological polar surface area (TPSA) is 60.6 Å². The van der Waals surface area contributed by atoms with Crippen molar-refractivity contribution in [1.29, 1.82) is 0 Å². The summed E-state index contributed by atoms with van der Waals surface area (Å²) in [5.41, 5.74) is 3.74. The molecule has 0 saturated carbocycles. The molecule has 0 fully saturated rings. The second-order valence-electron chi connectivity index (χ2n) is 8.04. The minimum Gasteiger partial charge on any atom is -0.316 e. The maximum absolute atomic E-state index is 14.7. The van der Waals surface area contributed by atoms with E-state index in [9.17, 15) is 4.39 Å². The number of thiazole rings is 1. The lowest BCUT2D eigenvalue weighted by Crippen LogP contribution is -2.12. The summed E-state index contributed by atoms with van der Waals surface area (Å²) in [5, 5.41) is 10.5. The molecular weight excluding hydrogens is 387 g/mol. The van der Waals surface area contributed by atoms with Gasteiger partial charge in [0.25, 0.3) is 0 Å². The molecular formula is C21H23FN6S. The SMILES string of the molecule is Cc1cn(-c2ccc(-c3csc(Nc4cc(C(C)(C)C)nn4C)n3)cc2F)cn1. The fourth-order valence-electron chi connectivity index (χ4n) is 2.95. The van der Waals surface area contributed by atoms with E-state index in [1.165, 1.54) is 17.4 Å². The Morgan fingerprint density at radius 3 is 2.59 bits per heavy atom. The van der Waals surface area contributed by atoms with Crippen LogP contribution in [0.25, 0.3) is 16.9 Å². The van der Waals surface area contributed by atoms with Crippen LogP contribution in [-0.2, 0) is 12.5 Å². The zero-order chi connectivity index (χ0) is 20.8. The van der Waals surface area contributed by atoms with Crippen molar-refractivity contribution >= 4 is 22.3 Å². The molecule has 150 valence electrons. The number of aromatic nitrogens is 5. The molecule has 0 aliphatic rings. The third-order valence-electron chi connectivity index (χ3n) is 4.62. The summed E-state index contributed by atoms with van der Waals surface area (Å²) in [6, 6.07) is 7.15. The highest BCUT2D eigenvalue weighted by molar-refractivity contribution is 7.14. The van der Waals surface area contributed by atoms with Crippen LogP contribution in [-0.4, -0.2) is 24.3 Å². The molecule has 4 rings (SSSR count). The van der Waals surface area contributed by atoms with E-state index < -0.39 is 0 Å². The first-order valence-corrected chi connectivity index (χ1v) is 10.2. The molecule has 1 N–H and O–H groups in total. The molecule has 29 heavy (non-hydrogen) atoms. The standard InChI is InChI=1S/C21H23FN6S/c1-13-10-28(12-23-13)17-7-6-14(8-15(17)22)16-11-29-20(24-16)25-19-9-18(21(2,3)4)26-27(19)5/h6-12H,1-5H3,(H,24,25). The lowest BCUT2D eigenvalue weighted by Gasteiger charge is -2.13. The van der Waals surface area contributed by atoms with E-state index in [0.29, 0.717) is 5.69 Å². The molecule has 0 aliphatic carbocycles. The Kier molecular flexibility index (Phi) is 4.74. The third-order valence-corrected chi connectivity index (χ3v) is 5.38. The van der Waals surface area contributed by atoms with Crippen LogP contribution in [0, 0.1) is 12.7 Å². The van der Waals surface area contributed by atoms with Crippen molar-refractivity contribution in [3.05, 3.63) is 59.4 Å². The van der Waals surface area contributed by atoms with Gasteiger partial charge in [-0.1, -0.05) is 26.8 Å². The van der Waals surface area contributed by atoms with E-state index >= 15 is 0 Å². The Morgan fingerprint density at radius 2 is 1.97 bits per heavy atom. The van der Waals surface area contributed by atoms with Crippen molar-refractivity contribution < 1.29 is 4.39 Å². The minimum absolute atomic E-state index is 0.0290. The number of hydrogen-bond acceptors (Lipinski definition) is 5. The summed E-state index contributed by atoms with van der Waals surface area (Å²) in [6.45, 7) is 8.26. The van der Waals surface area contributed by atoms with E-state index in [-0.39, 0.29) is 11.2 Å². The van der Waals surface area contributed by atoms with E-state index in [2.05, 4.69) is 41.2 Å². The smallest absolute Gasteiger partial charge is 0.188 e. The lowest BCUT2D eigenvalue weighted by atomic mass is 9.92. The van der Waals surface area contributed by atoms with Gasteiger partial charge in [0.1, 0.15) is 11.6 Å². The van der Waals surface area contributed by atoms with E-state index in [0.717, 1.165) is 33.6 Å². The maximum Gasteiger partial charge on any atom is 0.188 e. The Balaban J connectivity index is 1.57. The lowest BCUT2D eigenvalue weighted by molar-refractivity contribution is 0.553. The third kappa shape index (κ3) is 3.93. The van der Waals surface area contributed by atoms with Gasteiger partial charge in [-0.05, 0) is 19.1 Å². The second kappa shape index (κ2) is 7.11. The van der Waals surface area contributed by atoms with Gasteiger partial charge in [-0.2, -0.15) is 5.10 Å². The van der Waals surface area contributed by atoms with Gasteiger partial charge in [-0.15, -0.1) is 11.3 Å². The van der Waals surface area contributed by atoms with Crippen LogP contribution in [0.2, 0.25) is 0 Å². The van der Waals surface area contributed by atoms with Gasteiger partial charge >= 0.3 is 0 Å². The number of halogens is 1. The number of nitrogens with one attached hydrogen (secondary N) is 1. The van der Waals surface area contributed by atoms with E-state index in [4.69, 9.17) is 0 Å². The predicted octanol–water partition coefficient (Wildman–Crippen LogP) is 5.22. The minimum atomic E-state index is -0.316. The number of rotatable bonds is 4. The molecule has 4 aromatic rings. The number of anilines is 2. The zero-order valence-corrected chi connectivity index (χ0v) is 17.9. The number of imidazole rings is 1. The molecule has 0 bridgehead atoms. The highest BCUT2D eigenvalue weighted by atomic mass is 32.1. The molecule has 0 aliphatic heterocycles. The summed E-state index contributed by atoms with van der Waals surface area (Å²) in [7, 11) is 1.90. The van der Waals surface area contributed by atoms with Crippen molar-refractivity contribution in [2.45, 2.75) is 33.1 Å². The first kappa shape index (κ1) is 19.3. The fourth-order valence-corrected chi connectivity index (χ4v) is 3.68. The van der Waals surface area contributed by atoms with Crippen LogP contribution in [0.15, 0.2) is 42.2 Å². The monoisotopic (exact) mass is 410 g/mol. The average molecular weight is 411 g/mol. The van der Waals surface area contributed by atoms with Gasteiger partial charge < -0.3 is 9.88 Å². The molecule has 1 aromatic carbocycles. The van der Waals surface area contributed by atoms with Crippen LogP contribution in [0.3, 0.4) is 0 Å². The molecule has 0 atom stereocenters. The molecule has 3 aromatic heterocycles. The normalized spacial score (nSPS) is 11.8. The summed E-state index contributed by atoms with van der Waals surface area (Å²) in [5.74, 6) is 0.552. The van der Waals surface area contributed by atoms with Gasteiger partial charge in [0.15, 0.2) is 5.13 Å². The summed E-state index contributed by atoms with van der Waals surface area (Å²) in [4.78, 5) is 8.77. The van der Waals surface area contributed by atoms with E-state index in [1.807, 2.05) is 36.2 Å². The van der Waals surface area contributed by atoms with Crippen LogP contribution in [0.4, 0.5) is 15.3 Å². The number of hydrogen-bond donors (Lipinski definition) is 1. The molecule has 3 heterocycles. The Bertz CT molecular complexity index is 1160. The number of aryl methyl sites for hydroxylation is 2. The van der Waals surface area contributed by atoms with Gasteiger partial charge in [-0.25, -0.2) is 14.4 Å². The Morgan fingerprint density at radius 1 is 1.17 bits per heavy atom. The van der Waals surface area contributed by atoms with Crippen molar-refractivity contribution in [1.82, 2.24) is 24.3 Å². The van der Waals surface area contributed by atoms with Crippen molar-refractivity contribution in [3.8, 4) is 16.9 Å². The van der Waals surface area contributed by atoms with Crippen molar-refractivity contribution in [2.24, 2.45) is 7.05 Å². The summed E-state index contributed by atoms with van der Waals surface area (Å²) >= 11 is 1.47. The molecule has 0 spiro atoms. The van der Waals surface area contributed by atoms with Gasteiger partial charge in [0, 0.05) is 35.7 Å². The van der Waals surface area contributed by atoms with Crippen LogP contribution < -0.4 is 5.32 Å². The van der Waals surface area contributed by atoms with Crippen molar-refractivity contribution in [2.75, 3.05) is 5.32 Å². The van der Waals surface area contributed by atoms with Gasteiger partial charge in [-0.3, -0.25) is 4.68 Å². The Hall–Kier alpha value is -3.00. The average Bonchev–Trinajstić information content (AvgIpc) is 3.36. The Labute approximate surface area is 173 Å². The summed E-state index contributed by atoms with van der Waals surface area (Å²) in [6.07, 6.45) is 3.40. The molecule has 0 unspecified atom stereocenters. The molecule has 0 saturated heterocycles. The van der Waals surface area contributed by atoms with Crippen LogP contribution >= 0.6 is 11.3 Å². The summed E-state index contributed by atoms with van der Waals surface area (Å²) < 4.78 is 18.1. The largest absolute Gasteiger partial charge is 0.316 e. The fraction of sp³-hybridized carbons (Fsp3) is 0.286. The highest BCUT2D eigenvalue weighted by Gasteiger charge is 2.19. The van der Waals surface area contributed by atoms with Crippen molar-refractivity contribution in [3.63, 3.8) is 0 Å². The predicted molar refractivity (Wildman–Crippen MR) is 115 cm³/mol. The van der Waals surface area contributed by atoms with Gasteiger partial charge in [0.2, 0.25) is 0 Å². The second-order valence-corrected chi connectivity index (χ2v) is 8.90. The zero-order valence-electron chi connectivity index (χ0n) is 17.1. The number of nitrogens with zero attached hydrogens (tertiary/aromatic N) is 5. The highest BCUT2D eigenvalue weighted by Crippen LogP contribution is 2.30. The molecule has 0 amide bonds. The molecule has 8 heteroatoms. The van der Waals surface area contributed by atoms with E-state index in [1.54, 1.807) is 23.2 Å². The van der Waals surface area contributed by atoms with Gasteiger partial charge in [0.05, 0.1) is 29.1 Å². The molecule has 0 radical (unpaired) electrons. The first-order chi connectivity index (χ1) is 13.7.